The zero-order valence-corrected chi connectivity index (χ0v) is 17.2. The molecule has 130 valence electrons. The molecule has 1 rings (SSSR count). The van der Waals surface area contributed by atoms with E-state index in [-0.39, 0.29) is 0 Å². The number of thioether (sulfide) groups is 1. The van der Waals surface area contributed by atoms with E-state index < -0.39 is 13.2 Å². The van der Waals surface area contributed by atoms with Gasteiger partial charge in [-0.15, -0.1) is 0 Å². The van der Waals surface area contributed by atoms with Crippen molar-refractivity contribution in [2.45, 2.75) is 62.7 Å². The summed E-state index contributed by atoms with van der Waals surface area (Å²) in [5, 5.41) is 9.40. The molecule has 0 aliphatic carbocycles. The highest BCUT2D eigenvalue weighted by Gasteiger charge is 2.16. The van der Waals surface area contributed by atoms with Gasteiger partial charge in [-0.1, -0.05) is 56.4 Å². The Morgan fingerprint density at radius 1 is 1.13 bits per heavy atom. The average molecular weight is 371 g/mol. The fraction of sp³-hybridized carbons (Fsp3) is 0.611. The van der Waals surface area contributed by atoms with Crippen LogP contribution in [0.25, 0.3) is 0 Å². The van der Waals surface area contributed by atoms with Gasteiger partial charge in [0.25, 0.3) is 0 Å². The third-order valence-electron chi connectivity index (χ3n) is 3.47. The second-order valence-corrected chi connectivity index (χ2v) is 17.6. The normalized spacial score (nSPS) is 13.0. The van der Waals surface area contributed by atoms with E-state index in [4.69, 9.17) is 5.11 Å². The van der Waals surface area contributed by atoms with Crippen LogP contribution in [0.5, 0.6) is 0 Å². The summed E-state index contributed by atoms with van der Waals surface area (Å²) < 4.78 is 0. The van der Waals surface area contributed by atoms with Crippen molar-refractivity contribution in [3.05, 3.63) is 35.9 Å². The van der Waals surface area contributed by atoms with Gasteiger partial charge in [0.1, 0.15) is 7.22 Å². The number of hydrogen-bond donors (Lipinski definition) is 1. The summed E-state index contributed by atoms with van der Waals surface area (Å²) in [6.07, 6.45) is 4.51. The van der Waals surface area contributed by atoms with Crippen molar-refractivity contribution >= 4 is 36.2 Å². The van der Waals surface area contributed by atoms with Gasteiger partial charge in [0, 0.05) is 17.4 Å². The smallest absolute Gasteiger partial charge is 0.303 e. The summed E-state index contributed by atoms with van der Waals surface area (Å²) in [5.74, 6) is 1.62. The molecule has 0 saturated heterocycles. The molecule has 1 atom stereocenters. The SMILES string of the molecule is C[Si](C)(C)SCCC(CCCCC(=O)O)SCc1ccccc1. The first-order chi connectivity index (χ1) is 10.9. The lowest BCUT2D eigenvalue weighted by molar-refractivity contribution is -0.137. The molecule has 0 aliphatic rings. The summed E-state index contributed by atoms with van der Waals surface area (Å²) in [4.78, 5) is 10.6. The summed E-state index contributed by atoms with van der Waals surface area (Å²) in [6, 6.07) is 10.6. The predicted molar refractivity (Wildman–Crippen MR) is 108 cm³/mol. The number of carboxylic acid groups (broad SMARTS) is 1. The van der Waals surface area contributed by atoms with Crippen LogP contribution in [0.3, 0.4) is 0 Å². The zero-order chi connectivity index (χ0) is 17.1. The Morgan fingerprint density at radius 2 is 1.83 bits per heavy atom. The lowest BCUT2D eigenvalue weighted by Gasteiger charge is -2.20. The average Bonchev–Trinajstić information content (AvgIpc) is 2.48. The second kappa shape index (κ2) is 11.2. The van der Waals surface area contributed by atoms with E-state index in [9.17, 15) is 4.79 Å². The van der Waals surface area contributed by atoms with Crippen LogP contribution in [0, 0.1) is 0 Å². The quantitative estimate of drug-likeness (QED) is 0.367. The number of hydrogen-bond acceptors (Lipinski definition) is 3. The monoisotopic (exact) mass is 370 g/mol. The molecule has 0 saturated carbocycles. The van der Waals surface area contributed by atoms with Gasteiger partial charge in [-0.05, 0) is 30.6 Å². The van der Waals surface area contributed by atoms with Crippen LogP contribution in [0.4, 0.5) is 0 Å². The van der Waals surface area contributed by atoms with Gasteiger partial charge in [0.05, 0.1) is 0 Å². The number of carboxylic acids is 1. The Hall–Kier alpha value is -0.393. The maximum atomic E-state index is 10.6. The molecule has 0 radical (unpaired) electrons. The summed E-state index contributed by atoms with van der Waals surface area (Å²) in [5.41, 5.74) is 1.38. The molecule has 2 nitrogen and oxygen atoms in total. The summed E-state index contributed by atoms with van der Waals surface area (Å²) >= 11 is 4.20. The summed E-state index contributed by atoms with van der Waals surface area (Å²) in [7, 11) is -1.03. The number of unbranched alkanes of at least 4 members (excludes halogenated alkanes) is 1. The van der Waals surface area contributed by atoms with Crippen LogP contribution < -0.4 is 0 Å². The first-order valence-corrected chi connectivity index (χ1v) is 14.6. The Balaban J connectivity index is 2.38. The van der Waals surface area contributed by atoms with E-state index in [0.29, 0.717) is 11.7 Å². The highest BCUT2D eigenvalue weighted by molar-refractivity contribution is 8.28. The molecule has 1 unspecified atom stereocenters. The van der Waals surface area contributed by atoms with Crippen LogP contribution in [0.1, 0.15) is 37.7 Å². The second-order valence-electron chi connectivity index (χ2n) is 6.81. The fourth-order valence-electron chi connectivity index (χ4n) is 2.24. The first-order valence-electron chi connectivity index (χ1n) is 8.38. The molecule has 5 heteroatoms. The number of aliphatic carboxylic acids is 1. The molecular formula is C18H30O2S2Si. The number of rotatable bonds is 12. The number of benzene rings is 1. The Labute approximate surface area is 150 Å². The van der Waals surface area contributed by atoms with E-state index in [1.54, 1.807) is 0 Å². The standard InChI is InChI=1S/C18H30O2S2Si/c1-23(2,3)22-14-13-17(11-7-8-12-18(19)20)21-15-16-9-5-4-6-10-16/h4-6,9-10,17H,7-8,11-15H2,1-3H3,(H,19,20). The molecule has 0 fully saturated rings. The van der Waals surface area contributed by atoms with E-state index in [2.05, 4.69) is 61.2 Å². The molecule has 0 amide bonds. The Morgan fingerprint density at radius 3 is 2.43 bits per heavy atom. The fourth-order valence-corrected chi connectivity index (χ4v) is 6.84. The minimum absolute atomic E-state index is 0.305. The molecule has 1 aromatic carbocycles. The molecule has 1 N–H and O–H groups in total. The lowest BCUT2D eigenvalue weighted by atomic mass is 10.1. The minimum atomic E-state index is -1.03. The van der Waals surface area contributed by atoms with Gasteiger partial charge >= 0.3 is 5.97 Å². The molecule has 0 aromatic heterocycles. The van der Waals surface area contributed by atoms with Crippen LogP contribution in [-0.2, 0) is 10.5 Å². The molecule has 1 aromatic rings. The van der Waals surface area contributed by atoms with E-state index in [0.717, 1.165) is 25.0 Å². The van der Waals surface area contributed by atoms with Gasteiger partial charge in [-0.3, -0.25) is 4.79 Å². The third kappa shape index (κ3) is 11.7. The van der Waals surface area contributed by atoms with E-state index >= 15 is 0 Å². The highest BCUT2D eigenvalue weighted by atomic mass is 32.4. The first kappa shape index (κ1) is 20.7. The molecule has 23 heavy (non-hydrogen) atoms. The van der Waals surface area contributed by atoms with E-state index in [1.165, 1.54) is 17.7 Å². The van der Waals surface area contributed by atoms with Crippen molar-refractivity contribution in [2.24, 2.45) is 0 Å². The van der Waals surface area contributed by atoms with Crippen LogP contribution in [0.2, 0.25) is 19.6 Å². The van der Waals surface area contributed by atoms with Crippen LogP contribution >= 0.6 is 23.0 Å². The van der Waals surface area contributed by atoms with E-state index in [1.807, 2.05) is 11.8 Å². The largest absolute Gasteiger partial charge is 0.481 e. The molecule has 0 heterocycles. The Bertz CT molecular complexity index is 446. The maximum Gasteiger partial charge on any atom is 0.303 e. The summed E-state index contributed by atoms with van der Waals surface area (Å²) in [6.45, 7) is 7.20. The minimum Gasteiger partial charge on any atom is -0.481 e. The van der Waals surface area contributed by atoms with Crippen LogP contribution in [-0.4, -0.2) is 29.3 Å². The molecule has 0 bridgehead atoms. The molecule has 0 aliphatic heterocycles. The van der Waals surface area contributed by atoms with Gasteiger partial charge in [-0.25, -0.2) is 0 Å². The third-order valence-corrected chi connectivity index (χ3v) is 9.43. The van der Waals surface area contributed by atoms with Gasteiger partial charge in [0.2, 0.25) is 0 Å². The van der Waals surface area contributed by atoms with Crippen molar-refractivity contribution < 1.29 is 9.90 Å². The van der Waals surface area contributed by atoms with Crippen LogP contribution in [0.15, 0.2) is 30.3 Å². The van der Waals surface area contributed by atoms with Crippen molar-refractivity contribution in [1.29, 1.82) is 0 Å². The van der Waals surface area contributed by atoms with Gasteiger partial charge in [-0.2, -0.15) is 23.0 Å². The highest BCUT2D eigenvalue weighted by Crippen LogP contribution is 2.28. The molecular weight excluding hydrogens is 340 g/mol. The number of carbonyl (C=O) groups is 1. The van der Waals surface area contributed by atoms with Crippen molar-refractivity contribution in [3.8, 4) is 0 Å². The van der Waals surface area contributed by atoms with Crippen molar-refractivity contribution in [2.75, 3.05) is 5.75 Å². The van der Waals surface area contributed by atoms with Crippen molar-refractivity contribution in [3.63, 3.8) is 0 Å². The Kier molecular flexibility index (Phi) is 10.1. The predicted octanol–water partition coefficient (Wildman–Crippen LogP) is 5.89. The van der Waals surface area contributed by atoms with Gasteiger partial charge < -0.3 is 5.11 Å². The van der Waals surface area contributed by atoms with Gasteiger partial charge in [0.15, 0.2) is 0 Å². The maximum absolute atomic E-state index is 10.6. The van der Waals surface area contributed by atoms with Crippen molar-refractivity contribution in [1.82, 2.24) is 0 Å². The molecule has 0 spiro atoms. The zero-order valence-electron chi connectivity index (χ0n) is 14.6. The topological polar surface area (TPSA) is 37.3 Å². The lowest BCUT2D eigenvalue weighted by Crippen LogP contribution is -2.16.